The van der Waals surface area contributed by atoms with E-state index in [1.165, 1.54) is 24.3 Å². The predicted octanol–water partition coefficient (Wildman–Crippen LogP) is 3.61. The van der Waals surface area contributed by atoms with Crippen LogP contribution in [0.15, 0.2) is 48.7 Å². The molecule has 4 rings (SSSR count). The van der Waals surface area contributed by atoms with Gasteiger partial charge in [-0.25, -0.2) is 14.2 Å². The van der Waals surface area contributed by atoms with Gasteiger partial charge < -0.3 is 10.4 Å². The van der Waals surface area contributed by atoms with Crippen molar-refractivity contribution in [3.8, 4) is 5.69 Å². The van der Waals surface area contributed by atoms with Crippen molar-refractivity contribution in [1.82, 2.24) is 24.8 Å². The normalized spacial score (nSPS) is 11.6. The lowest BCUT2D eigenvalue weighted by Crippen LogP contribution is -2.17. The fourth-order valence-electron chi connectivity index (χ4n) is 3.24. The van der Waals surface area contributed by atoms with Crippen LogP contribution in [0.25, 0.3) is 16.7 Å². The topological polar surface area (TPSA) is 115 Å². The minimum absolute atomic E-state index is 0.0658. The van der Waals surface area contributed by atoms with E-state index in [-0.39, 0.29) is 16.9 Å². The van der Waals surface area contributed by atoms with Crippen molar-refractivity contribution in [2.24, 2.45) is 0 Å². The fourth-order valence-corrected chi connectivity index (χ4v) is 3.24. The van der Waals surface area contributed by atoms with Crippen LogP contribution in [0, 0.1) is 0 Å². The number of aryl methyl sites for hydroxylation is 1. The number of nitrogens with one attached hydrogen (secondary N) is 1. The van der Waals surface area contributed by atoms with Gasteiger partial charge >= 0.3 is 12.1 Å². The Balaban J connectivity index is 1.65. The molecule has 2 aromatic carbocycles. The molecular formula is C20H15F3N6O3. The molecule has 12 heteroatoms. The Morgan fingerprint density at radius 1 is 1.16 bits per heavy atom. The number of benzene rings is 2. The number of halogens is 3. The van der Waals surface area contributed by atoms with Crippen molar-refractivity contribution in [2.45, 2.75) is 19.6 Å². The van der Waals surface area contributed by atoms with Gasteiger partial charge in [-0.05, 0) is 43.3 Å². The lowest BCUT2D eigenvalue weighted by Gasteiger charge is -2.13. The molecular weight excluding hydrogens is 429 g/mol. The zero-order chi connectivity index (χ0) is 23.0. The highest BCUT2D eigenvalue weighted by Crippen LogP contribution is 2.34. The Labute approximate surface area is 178 Å². The third-order valence-electron chi connectivity index (χ3n) is 4.69. The van der Waals surface area contributed by atoms with Gasteiger partial charge in [-0.15, -0.1) is 5.10 Å². The number of carboxylic acids is 1. The average Bonchev–Trinajstić information content (AvgIpc) is 3.37. The molecule has 9 nitrogen and oxygen atoms in total. The highest BCUT2D eigenvalue weighted by atomic mass is 19.4. The quantitative estimate of drug-likeness (QED) is 0.486. The maximum Gasteiger partial charge on any atom is 0.434 e. The molecule has 0 aliphatic rings. The minimum Gasteiger partial charge on any atom is -0.478 e. The molecule has 2 aromatic heterocycles. The van der Waals surface area contributed by atoms with Gasteiger partial charge in [-0.2, -0.15) is 18.3 Å². The number of carboxylic acid groups (broad SMARTS) is 1. The van der Waals surface area contributed by atoms with Gasteiger partial charge in [-0.3, -0.25) is 4.79 Å². The summed E-state index contributed by atoms with van der Waals surface area (Å²) in [5, 5.41) is 23.2. The van der Waals surface area contributed by atoms with Crippen molar-refractivity contribution in [1.29, 1.82) is 0 Å². The highest BCUT2D eigenvalue weighted by molar-refractivity contribution is 6.06. The molecule has 0 radical (unpaired) electrons. The molecule has 0 saturated heterocycles. The summed E-state index contributed by atoms with van der Waals surface area (Å²) >= 11 is 0. The van der Waals surface area contributed by atoms with Crippen molar-refractivity contribution in [3.05, 3.63) is 65.5 Å². The summed E-state index contributed by atoms with van der Waals surface area (Å²) < 4.78 is 42.6. The highest BCUT2D eigenvalue weighted by Gasteiger charge is 2.40. The monoisotopic (exact) mass is 444 g/mol. The number of aromatic nitrogens is 5. The Hall–Kier alpha value is -4.22. The first-order valence-corrected chi connectivity index (χ1v) is 9.32. The van der Waals surface area contributed by atoms with Gasteiger partial charge in [0.1, 0.15) is 11.1 Å². The number of nitrogens with zero attached hydrogens (tertiary/aromatic N) is 5. The molecule has 32 heavy (non-hydrogen) atoms. The van der Waals surface area contributed by atoms with E-state index in [2.05, 4.69) is 20.7 Å². The van der Waals surface area contributed by atoms with Crippen LogP contribution in [0.1, 0.15) is 33.3 Å². The molecule has 0 aliphatic carbocycles. The molecule has 0 aliphatic heterocycles. The minimum atomic E-state index is -4.95. The average molecular weight is 444 g/mol. The number of amides is 1. The first-order valence-electron chi connectivity index (χ1n) is 9.32. The predicted molar refractivity (Wildman–Crippen MR) is 107 cm³/mol. The molecule has 1 amide bonds. The van der Waals surface area contributed by atoms with Crippen LogP contribution in [0.4, 0.5) is 18.9 Å². The molecule has 0 spiro atoms. The summed E-state index contributed by atoms with van der Waals surface area (Å²) in [6.45, 7) is 2.52. The van der Waals surface area contributed by atoms with E-state index in [0.717, 1.165) is 5.52 Å². The fraction of sp³-hybridized carbons (Fsp3) is 0.150. The molecule has 0 unspecified atom stereocenters. The second-order valence-corrected chi connectivity index (χ2v) is 6.73. The summed E-state index contributed by atoms with van der Waals surface area (Å²) in [6.07, 6.45) is -4.32. The van der Waals surface area contributed by atoms with Crippen molar-refractivity contribution < 1.29 is 27.9 Å². The van der Waals surface area contributed by atoms with Gasteiger partial charge in [0.05, 0.1) is 17.4 Å². The molecule has 0 fully saturated rings. The zero-order valence-corrected chi connectivity index (χ0v) is 16.5. The van der Waals surface area contributed by atoms with Gasteiger partial charge in [0.15, 0.2) is 5.69 Å². The second-order valence-electron chi connectivity index (χ2n) is 6.73. The van der Waals surface area contributed by atoms with Crippen LogP contribution in [-0.2, 0) is 12.7 Å². The number of carbonyl (C=O) groups is 2. The van der Waals surface area contributed by atoms with E-state index >= 15 is 0 Å². The van der Waals surface area contributed by atoms with E-state index in [9.17, 15) is 22.8 Å². The Kier molecular flexibility index (Phi) is 5.12. The summed E-state index contributed by atoms with van der Waals surface area (Å²) in [5.74, 6) is -2.25. The van der Waals surface area contributed by atoms with Crippen LogP contribution in [0.5, 0.6) is 0 Å². The van der Waals surface area contributed by atoms with Gasteiger partial charge in [-0.1, -0.05) is 11.3 Å². The Bertz CT molecular complexity index is 1340. The number of carbonyl (C=O) groups excluding carboxylic acids is 1. The maximum atomic E-state index is 13.5. The lowest BCUT2D eigenvalue weighted by molar-refractivity contribution is -0.143. The number of alkyl halides is 3. The largest absolute Gasteiger partial charge is 0.478 e. The van der Waals surface area contributed by atoms with Crippen LogP contribution < -0.4 is 5.32 Å². The van der Waals surface area contributed by atoms with Crippen molar-refractivity contribution in [2.75, 3.05) is 5.32 Å². The third-order valence-corrected chi connectivity index (χ3v) is 4.69. The Morgan fingerprint density at radius 2 is 1.94 bits per heavy atom. The molecule has 164 valence electrons. The van der Waals surface area contributed by atoms with Crippen LogP contribution in [-0.4, -0.2) is 41.8 Å². The number of aromatic carboxylic acids is 1. The summed E-state index contributed by atoms with van der Waals surface area (Å²) in [6, 6.07) is 10.3. The maximum absolute atomic E-state index is 13.5. The van der Waals surface area contributed by atoms with Gasteiger partial charge in [0, 0.05) is 17.8 Å². The van der Waals surface area contributed by atoms with E-state index in [0.29, 0.717) is 22.9 Å². The molecule has 0 saturated carbocycles. The number of hydrogen-bond acceptors (Lipinski definition) is 5. The lowest BCUT2D eigenvalue weighted by atomic mass is 10.1. The smallest absolute Gasteiger partial charge is 0.434 e. The van der Waals surface area contributed by atoms with Gasteiger partial charge in [0.2, 0.25) is 0 Å². The second kappa shape index (κ2) is 7.80. The van der Waals surface area contributed by atoms with Crippen LogP contribution >= 0.6 is 0 Å². The summed E-state index contributed by atoms with van der Waals surface area (Å²) in [5.41, 5.74) is -0.679. The molecule has 4 aromatic rings. The SMILES string of the molecule is CCn1nnc2cc(C(=O)Nc3cccc(-n4ncc(C(=O)O)c4C(F)(F)F)c3)ccc21. The van der Waals surface area contributed by atoms with Crippen LogP contribution in [0.3, 0.4) is 0 Å². The van der Waals surface area contributed by atoms with E-state index in [4.69, 9.17) is 5.11 Å². The zero-order valence-electron chi connectivity index (χ0n) is 16.5. The number of hydrogen-bond donors (Lipinski definition) is 2. The summed E-state index contributed by atoms with van der Waals surface area (Å²) in [7, 11) is 0. The Morgan fingerprint density at radius 3 is 2.62 bits per heavy atom. The van der Waals surface area contributed by atoms with E-state index in [1.54, 1.807) is 22.9 Å². The van der Waals surface area contributed by atoms with E-state index in [1.807, 2.05) is 6.92 Å². The number of rotatable bonds is 5. The molecule has 2 heterocycles. The van der Waals surface area contributed by atoms with Crippen LogP contribution in [0.2, 0.25) is 0 Å². The molecule has 2 N–H and O–H groups in total. The first kappa shape index (κ1) is 21.0. The van der Waals surface area contributed by atoms with Crippen molar-refractivity contribution >= 4 is 28.6 Å². The van der Waals surface area contributed by atoms with Crippen molar-refractivity contribution in [3.63, 3.8) is 0 Å². The third kappa shape index (κ3) is 3.77. The molecule has 0 bridgehead atoms. The van der Waals surface area contributed by atoms with E-state index < -0.39 is 29.3 Å². The first-order chi connectivity index (χ1) is 15.2. The molecule has 0 atom stereocenters. The standard InChI is InChI=1S/C20H15F3N6O3/c1-2-28-16-7-6-11(8-15(16)26-27-28)18(30)25-12-4-3-5-13(9-12)29-17(20(21,22)23)14(10-24-29)19(31)32/h3-10H,2H2,1H3,(H,25,30)(H,31,32). The summed E-state index contributed by atoms with van der Waals surface area (Å²) in [4.78, 5) is 23.8. The number of fused-ring (bicyclic) bond motifs is 1. The van der Waals surface area contributed by atoms with Gasteiger partial charge in [0.25, 0.3) is 5.91 Å². The number of anilines is 1.